The molecular weight excluding hydrogens is 252 g/mol. The van der Waals surface area contributed by atoms with Crippen molar-refractivity contribution in [2.45, 2.75) is 51.7 Å². The van der Waals surface area contributed by atoms with Gasteiger partial charge in [0.2, 0.25) is 5.91 Å². The molecule has 2 rings (SSSR count). The maximum Gasteiger partial charge on any atom is 0.240 e. The molecule has 1 aliphatic carbocycles. The van der Waals surface area contributed by atoms with Crippen LogP contribution in [-0.2, 0) is 11.3 Å². The summed E-state index contributed by atoms with van der Waals surface area (Å²) in [6.45, 7) is 4.60. The van der Waals surface area contributed by atoms with Gasteiger partial charge in [0.05, 0.1) is 6.04 Å². The van der Waals surface area contributed by atoms with Crippen molar-refractivity contribution in [1.29, 1.82) is 0 Å². The summed E-state index contributed by atoms with van der Waals surface area (Å²) in [4.78, 5) is 14.4. The van der Waals surface area contributed by atoms with Gasteiger partial charge in [0.25, 0.3) is 0 Å². The molecule has 0 bridgehead atoms. The summed E-state index contributed by atoms with van der Waals surface area (Å²) in [5.74, 6) is 0.454. The highest BCUT2D eigenvalue weighted by atomic mass is 16.3. The molecule has 0 heterocycles. The van der Waals surface area contributed by atoms with Crippen LogP contribution in [0, 0.1) is 5.92 Å². The molecule has 0 saturated heterocycles. The highest BCUT2D eigenvalue weighted by molar-refractivity contribution is 5.82. The number of carbonyl (C=O) groups excluding carboxylic acids is 1. The number of carbonyl (C=O) groups is 1. The lowest BCUT2D eigenvalue weighted by Crippen LogP contribution is -2.47. The average molecular weight is 276 g/mol. The smallest absolute Gasteiger partial charge is 0.240 e. The van der Waals surface area contributed by atoms with E-state index < -0.39 is 6.04 Å². The topological polar surface area (TPSA) is 66.6 Å². The summed E-state index contributed by atoms with van der Waals surface area (Å²) in [5.41, 5.74) is 7.03. The van der Waals surface area contributed by atoms with Crippen LogP contribution in [-0.4, -0.2) is 28.0 Å². The zero-order valence-corrected chi connectivity index (χ0v) is 12.2. The Morgan fingerprint density at radius 1 is 1.50 bits per heavy atom. The Morgan fingerprint density at radius 2 is 2.20 bits per heavy atom. The van der Waals surface area contributed by atoms with Gasteiger partial charge >= 0.3 is 0 Å². The summed E-state index contributed by atoms with van der Waals surface area (Å²) in [6, 6.07) is 6.96. The number of phenolic OH excluding ortho intramolecular Hbond substituents is 1. The van der Waals surface area contributed by atoms with Crippen molar-refractivity contribution in [2.75, 3.05) is 0 Å². The lowest BCUT2D eigenvalue weighted by molar-refractivity contribution is -0.135. The predicted octanol–water partition coefficient (Wildman–Crippen LogP) is 2.26. The van der Waals surface area contributed by atoms with Crippen LogP contribution in [0.5, 0.6) is 5.75 Å². The minimum Gasteiger partial charge on any atom is -0.508 e. The summed E-state index contributed by atoms with van der Waals surface area (Å²) < 4.78 is 0. The monoisotopic (exact) mass is 276 g/mol. The zero-order valence-electron chi connectivity index (χ0n) is 12.2. The molecule has 20 heavy (non-hydrogen) atoms. The molecule has 0 spiro atoms. The van der Waals surface area contributed by atoms with Crippen molar-refractivity contribution in [1.82, 2.24) is 4.90 Å². The molecule has 110 valence electrons. The van der Waals surface area contributed by atoms with E-state index in [1.54, 1.807) is 18.2 Å². The van der Waals surface area contributed by atoms with Crippen LogP contribution < -0.4 is 5.73 Å². The Labute approximate surface area is 120 Å². The fourth-order valence-corrected chi connectivity index (χ4v) is 2.31. The Hall–Kier alpha value is -1.55. The SMILES string of the molecule is CC[C@H](C)[C@H](N)C(=O)N(Cc1cccc(O)c1)C1CC1. The summed E-state index contributed by atoms with van der Waals surface area (Å²) in [6.07, 6.45) is 3.01. The van der Waals surface area contributed by atoms with Gasteiger partial charge in [-0.3, -0.25) is 4.79 Å². The van der Waals surface area contributed by atoms with Crippen LogP contribution in [0.25, 0.3) is 0 Å². The van der Waals surface area contributed by atoms with Gasteiger partial charge in [-0.15, -0.1) is 0 Å². The van der Waals surface area contributed by atoms with Crippen LogP contribution in [0.1, 0.15) is 38.7 Å². The van der Waals surface area contributed by atoms with E-state index in [-0.39, 0.29) is 17.6 Å². The Kier molecular flexibility index (Phi) is 4.65. The molecule has 0 unspecified atom stereocenters. The van der Waals surface area contributed by atoms with Crippen molar-refractivity contribution < 1.29 is 9.90 Å². The standard InChI is InChI=1S/C16H24N2O2/c1-3-11(2)15(17)16(20)18(13-7-8-13)10-12-5-4-6-14(19)9-12/h4-6,9,11,13,15,19H,3,7-8,10,17H2,1-2H3/t11-,15-/m0/s1. The minimum atomic E-state index is -0.432. The normalized spacial score (nSPS) is 17.6. The van der Waals surface area contributed by atoms with Crippen molar-refractivity contribution >= 4 is 5.91 Å². The first-order chi connectivity index (χ1) is 9.52. The van der Waals surface area contributed by atoms with Crippen LogP contribution in [0.15, 0.2) is 24.3 Å². The predicted molar refractivity (Wildman–Crippen MR) is 79.1 cm³/mol. The molecule has 1 aliphatic rings. The first-order valence-electron chi connectivity index (χ1n) is 7.37. The van der Waals surface area contributed by atoms with Gasteiger partial charge in [0, 0.05) is 12.6 Å². The number of rotatable bonds is 6. The molecule has 1 aromatic rings. The largest absolute Gasteiger partial charge is 0.508 e. The van der Waals surface area contributed by atoms with Crippen molar-refractivity contribution in [2.24, 2.45) is 11.7 Å². The molecule has 1 saturated carbocycles. The lowest BCUT2D eigenvalue weighted by atomic mass is 9.98. The van der Waals surface area contributed by atoms with Crippen LogP contribution in [0.4, 0.5) is 0 Å². The van der Waals surface area contributed by atoms with Gasteiger partial charge in [-0.25, -0.2) is 0 Å². The molecule has 2 atom stereocenters. The number of benzene rings is 1. The molecule has 1 fully saturated rings. The number of hydrogen-bond donors (Lipinski definition) is 2. The van der Waals surface area contributed by atoms with E-state index in [4.69, 9.17) is 5.73 Å². The van der Waals surface area contributed by atoms with Crippen molar-refractivity contribution in [3.63, 3.8) is 0 Å². The number of nitrogens with two attached hydrogens (primary N) is 1. The maximum absolute atomic E-state index is 12.6. The number of hydrogen-bond acceptors (Lipinski definition) is 3. The molecule has 1 aromatic carbocycles. The summed E-state index contributed by atoms with van der Waals surface area (Å²) >= 11 is 0. The van der Waals surface area contributed by atoms with E-state index >= 15 is 0 Å². The second-order valence-electron chi connectivity index (χ2n) is 5.78. The first kappa shape index (κ1) is 14.9. The summed E-state index contributed by atoms with van der Waals surface area (Å²) in [5, 5.41) is 9.53. The molecule has 4 nitrogen and oxygen atoms in total. The number of phenols is 1. The molecule has 1 amide bonds. The molecule has 0 aromatic heterocycles. The van der Waals surface area contributed by atoms with Gasteiger partial charge in [-0.2, -0.15) is 0 Å². The van der Waals surface area contributed by atoms with Crippen LogP contribution in [0.3, 0.4) is 0 Å². The second-order valence-corrected chi connectivity index (χ2v) is 5.78. The van der Waals surface area contributed by atoms with Crippen molar-refractivity contribution in [3.05, 3.63) is 29.8 Å². The molecule has 3 N–H and O–H groups in total. The van der Waals surface area contributed by atoms with E-state index in [1.807, 2.05) is 17.9 Å². The molecular formula is C16H24N2O2. The third-order valence-corrected chi connectivity index (χ3v) is 4.08. The van der Waals surface area contributed by atoms with Crippen LogP contribution in [0.2, 0.25) is 0 Å². The van der Waals surface area contributed by atoms with E-state index in [2.05, 4.69) is 6.92 Å². The number of aromatic hydroxyl groups is 1. The fourth-order valence-electron chi connectivity index (χ4n) is 2.31. The van der Waals surface area contributed by atoms with Crippen LogP contribution >= 0.6 is 0 Å². The van der Waals surface area contributed by atoms with Gasteiger partial charge in [-0.1, -0.05) is 32.4 Å². The molecule has 0 aliphatic heterocycles. The quantitative estimate of drug-likeness (QED) is 0.837. The highest BCUT2D eigenvalue weighted by Gasteiger charge is 2.35. The summed E-state index contributed by atoms with van der Waals surface area (Å²) in [7, 11) is 0. The Bertz CT molecular complexity index is 471. The fraction of sp³-hybridized carbons (Fsp3) is 0.562. The zero-order chi connectivity index (χ0) is 14.7. The highest BCUT2D eigenvalue weighted by Crippen LogP contribution is 2.30. The second kappa shape index (κ2) is 6.27. The van der Waals surface area contributed by atoms with Gasteiger partial charge in [0.15, 0.2) is 0 Å². The molecule has 4 heteroatoms. The Balaban J connectivity index is 2.09. The van der Waals surface area contributed by atoms with Gasteiger partial charge in [-0.05, 0) is 36.5 Å². The maximum atomic E-state index is 12.6. The van der Waals surface area contributed by atoms with E-state index in [9.17, 15) is 9.90 Å². The Morgan fingerprint density at radius 3 is 2.75 bits per heavy atom. The third-order valence-electron chi connectivity index (χ3n) is 4.08. The van der Waals surface area contributed by atoms with E-state index in [1.165, 1.54) is 0 Å². The van der Waals surface area contributed by atoms with E-state index in [0.29, 0.717) is 12.6 Å². The average Bonchev–Trinajstić information content (AvgIpc) is 3.27. The third kappa shape index (κ3) is 3.51. The number of nitrogens with zero attached hydrogens (tertiary/aromatic N) is 1. The lowest BCUT2D eigenvalue weighted by Gasteiger charge is -2.28. The van der Waals surface area contributed by atoms with E-state index in [0.717, 1.165) is 24.8 Å². The van der Waals surface area contributed by atoms with Gasteiger partial charge in [0.1, 0.15) is 5.75 Å². The first-order valence-corrected chi connectivity index (χ1v) is 7.37. The number of amides is 1. The minimum absolute atomic E-state index is 0.0326. The van der Waals surface area contributed by atoms with Crippen molar-refractivity contribution in [3.8, 4) is 5.75 Å². The molecule has 0 radical (unpaired) electrons. The van der Waals surface area contributed by atoms with Gasteiger partial charge < -0.3 is 15.7 Å².